The number of hydrogen-bond acceptors (Lipinski definition) is 5. The number of aromatic nitrogens is 4. The SMILES string of the molecule is CCCCCCOc1ccccc1NC(=O)Cn1nnc(-c2ccccc2)n1. The van der Waals surface area contributed by atoms with Gasteiger partial charge in [-0.15, -0.1) is 10.2 Å². The van der Waals surface area contributed by atoms with E-state index in [1.165, 1.54) is 17.6 Å². The van der Waals surface area contributed by atoms with Crippen molar-refractivity contribution in [3.63, 3.8) is 0 Å². The Kier molecular flexibility index (Phi) is 7.12. The molecule has 0 saturated heterocycles. The molecular formula is C21H25N5O2. The fraction of sp³-hybridized carbons (Fsp3) is 0.333. The largest absolute Gasteiger partial charge is 0.491 e. The van der Waals surface area contributed by atoms with Crippen molar-refractivity contribution in [1.29, 1.82) is 0 Å². The second kappa shape index (κ2) is 10.2. The van der Waals surface area contributed by atoms with E-state index in [1.54, 1.807) is 0 Å². The summed E-state index contributed by atoms with van der Waals surface area (Å²) in [6.07, 6.45) is 4.54. The molecule has 0 aliphatic heterocycles. The van der Waals surface area contributed by atoms with Gasteiger partial charge in [-0.1, -0.05) is 68.7 Å². The fourth-order valence-electron chi connectivity index (χ4n) is 2.74. The van der Waals surface area contributed by atoms with Crippen LogP contribution in [0, 0.1) is 0 Å². The zero-order chi connectivity index (χ0) is 19.6. The van der Waals surface area contributed by atoms with Gasteiger partial charge in [-0.25, -0.2) is 0 Å². The Balaban J connectivity index is 1.56. The van der Waals surface area contributed by atoms with Gasteiger partial charge in [0.1, 0.15) is 12.3 Å². The van der Waals surface area contributed by atoms with Crippen molar-refractivity contribution in [1.82, 2.24) is 20.2 Å². The third-order valence-corrected chi connectivity index (χ3v) is 4.19. The molecule has 0 spiro atoms. The standard InChI is InChI=1S/C21H25N5O2/c1-2-3-4-10-15-28-19-14-9-8-13-18(19)22-20(27)16-26-24-21(23-25-26)17-11-6-5-7-12-17/h5-9,11-14H,2-4,10,15-16H2,1H3,(H,22,27). The normalized spacial score (nSPS) is 10.6. The van der Waals surface area contributed by atoms with Gasteiger partial charge in [0.15, 0.2) is 0 Å². The molecule has 1 N–H and O–H groups in total. The number of nitrogens with zero attached hydrogens (tertiary/aromatic N) is 4. The minimum absolute atomic E-state index is 0.0231. The molecule has 1 heterocycles. The Bertz CT molecular complexity index is 879. The van der Waals surface area contributed by atoms with Crippen LogP contribution in [-0.2, 0) is 11.3 Å². The van der Waals surface area contributed by atoms with Crippen LogP contribution in [0.2, 0.25) is 0 Å². The number of ether oxygens (including phenoxy) is 1. The van der Waals surface area contributed by atoms with E-state index in [1.807, 2.05) is 54.6 Å². The van der Waals surface area contributed by atoms with Crippen LogP contribution < -0.4 is 10.1 Å². The molecule has 0 unspecified atom stereocenters. The molecule has 28 heavy (non-hydrogen) atoms. The number of amides is 1. The quantitative estimate of drug-likeness (QED) is 0.540. The van der Waals surface area contributed by atoms with Crippen LogP contribution in [0.5, 0.6) is 5.75 Å². The first kappa shape index (κ1) is 19.5. The Morgan fingerprint density at radius 1 is 1.04 bits per heavy atom. The van der Waals surface area contributed by atoms with Crippen LogP contribution in [0.3, 0.4) is 0 Å². The molecule has 2 aromatic carbocycles. The molecule has 0 bridgehead atoms. The van der Waals surface area contributed by atoms with Crippen LogP contribution in [0.4, 0.5) is 5.69 Å². The van der Waals surface area contributed by atoms with Crippen LogP contribution in [0.25, 0.3) is 11.4 Å². The molecular weight excluding hydrogens is 354 g/mol. The number of unbranched alkanes of at least 4 members (excludes halogenated alkanes) is 3. The van der Waals surface area contributed by atoms with Crippen molar-refractivity contribution >= 4 is 11.6 Å². The first-order valence-electron chi connectivity index (χ1n) is 9.61. The molecule has 0 aliphatic carbocycles. The average Bonchev–Trinajstić information content (AvgIpc) is 3.18. The van der Waals surface area contributed by atoms with E-state index in [0.29, 0.717) is 23.9 Å². The molecule has 1 aromatic heterocycles. The minimum Gasteiger partial charge on any atom is -0.491 e. The summed E-state index contributed by atoms with van der Waals surface area (Å²) < 4.78 is 5.83. The van der Waals surface area contributed by atoms with E-state index >= 15 is 0 Å². The van der Waals surface area contributed by atoms with Gasteiger partial charge in [0, 0.05) is 5.56 Å². The zero-order valence-corrected chi connectivity index (χ0v) is 16.0. The van der Waals surface area contributed by atoms with E-state index in [-0.39, 0.29) is 12.5 Å². The predicted octanol–water partition coefficient (Wildman–Crippen LogP) is 3.94. The lowest BCUT2D eigenvalue weighted by molar-refractivity contribution is -0.117. The van der Waals surface area contributed by atoms with Crippen molar-refractivity contribution in [3.8, 4) is 17.1 Å². The summed E-state index contributed by atoms with van der Waals surface area (Å²) in [6.45, 7) is 2.79. The van der Waals surface area contributed by atoms with Crippen LogP contribution in [-0.4, -0.2) is 32.7 Å². The number of tetrazole rings is 1. The van der Waals surface area contributed by atoms with Gasteiger partial charge in [-0.05, 0) is 23.8 Å². The highest BCUT2D eigenvalue weighted by Crippen LogP contribution is 2.24. The van der Waals surface area contributed by atoms with E-state index in [2.05, 4.69) is 27.7 Å². The molecule has 0 fully saturated rings. The summed E-state index contributed by atoms with van der Waals surface area (Å²) in [5.41, 5.74) is 1.50. The van der Waals surface area contributed by atoms with E-state index in [0.717, 1.165) is 18.4 Å². The van der Waals surface area contributed by atoms with Crippen LogP contribution in [0.1, 0.15) is 32.6 Å². The average molecular weight is 379 g/mol. The molecule has 0 atom stereocenters. The van der Waals surface area contributed by atoms with E-state index < -0.39 is 0 Å². The predicted molar refractivity (Wildman–Crippen MR) is 108 cm³/mol. The number of nitrogens with one attached hydrogen (secondary N) is 1. The molecule has 7 nitrogen and oxygen atoms in total. The smallest absolute Gasteiger partial charge is 0.248 e. The molecule has 0 aliphatic rings. The summed E-state index contributed by atoms with van der Waals surface area (Å²) >= 11 is 0. The third kappa shape index (κ3) is 5.64. The van der Waals surface area contributed by atoms with Crippen molar-refractivity contribution in [2.45, 2.75) is 39.2 Å². The number of carbonyl (C=O) groups is 1. The monoisotopic (exact) mass is 379 g/mol. The number of rotatable bonds is 10. The lowest BCUT2D eigenvalue weighted by Crippen LogP contribution is -2.21. The van der Waals surface area contributed by atoms with Crippen molar-refractivity contribution in [2.24, 2.45) is 0 Å². The number of para-hydroxylation sites is 2. The molecule has 7 heteroatoms. The Morgan fingerprint density at radius 3 is 2.64 bits per heavy atom. The summed E-state index contributed by atoms with van der Waals surface area (Å²) in [6, 6.07) is 17.0. The van der Waals surface area contributed by atoms with Gasteiger partial charge < -0.3 is 10.1 Å². The van der Waals surface area contributed by atoms with Gasteiger partial charge in [0.2, 0.25) is 11.7 Å². The first-order valence-corrected chi connectivity index (χ1v) is 9.61. The second-order valence-corrected chi connectivity index (χ2v) is 6.46. The molecule has 1 amide bonds. The van der Waals surface area contributed by atoms with Crippen LogP contribution in [0.15, 0.2) is 54.6 Å². The number of benzene rings is 2. The maximum atomic E-state index is 12.4. The maximum absolute atomic E-state index is 12.4. The third-order valence-electron chi connectivity index (χ3n) is 4.19. The highest BCUT2D eigenvalue weighted by Gasteiger charge is 2.11. The Morgan fingerprint density at radius 2 is 1.82 bits per heavy atom. The highest BCUT2D eigenvalue weighted by molar-refractivity contribution is 5.92. The summed E-state index contributed by atoms with van der Waals surface area (Å²) in [7, 11) is 0. The number of hydrogen-bond donors (Lipinski definition) is 1. The Labute approximate surface area is 164 Å². The van der Waals surface area contributed by atoms with Gasteiger partial charge in [0.05, 0.1) is 12.3 Å². The van der Waals surface area contributed by atoms with E-state index in [9.17, 15) is 4.79 Å². The highest BCUT2D eigenvalue weighted by atomic mass is 16.5. The summed E-state index contributed by atoms with van der Waals surface area (Å²) in [5, 5.41) is 15.1. The second-order valence-electron chi connectivity index (χ2n) is 6.46. The summed E-state index contributed by atoms with van der Waals surface area (Å²) in [4.78, 5) is 13.7. The van der Waals surface area contributed by atoms with Gasteiger partial charge in [-0.3, -0.25) is 4.79 Å². The van der Waals surface area contributed by atoms with Gasteiger partial charge >= 0.3 is 0 Å². The van der Waals surface area contributed by atoms with E-state index in [4.69, 9.17) is 4.74 Å². The zero-order valence-electron chi connectivity index (χ0n) is 16.0. The maximum Gasteiger partial charge on any atom is 0.248 e. The first-order chi connectivity index (χ1) is 13.8. The molecule has 3 aromatic rings. The lowest BCUT2D eigenvalue weighted by Gasteiger charge is -2.12. The molecule has 3 rings (SSSR count). The number of anilines is 1. The molecule has 0 saturated carbocycles. The topological polar surface area (TPSA) is 81.9 Å². The molecule has 146 valence electrons. The number of carbonyl (C=O) groups excluding carboxylic acids is 1. The van der Waals surface area contributed by atoms with Crippen LogP contribution >= 0.6 is 0 Å². The van der Waals surface area contributed by atoms with Crippen molar-refractivity contribution < 1.29 is 9.53 Å². The fourth-order valence-corrected chi connectivity index (χ4v) is 2.74. The van der Waals surface area contributed by atoms with Crippen molar-refractivity contribution in [3.05, 3.63) is 54.6 Å². The molecule has 0 radical (unpaired) electrons. The van der Waals surface area contributed by atoms with Gasteiger partial charge in [0.25, 0.3) is 0 Å². The van der Waals surface area contributed by atoms with Crippen molar-refractivity contribution in [2.75, 3.05) is 11.9 Å². The summed E-state index contributed by atoms with van der Waals surface area (Å²) in [5.74, 6) is 0.923. The Hall–Kier alpha value is -3.22. The van der Waals surface area contributed by atoms with Gasteiger partial charge in [-0.2, -0.15) is 4.80 Å². The minimum atomic E-state index is -0.237. The lowest BCUT2D eigenvalue weighted by atomic mass is 10.2.